The Morgan fingerprint density at radius 3 is 2.62 bits per heavy atom. The molecule has 3 rings (SSSR count). The maximum absolute atomic E-state index is 12.2. The van der Waals surface area contributed by atoms with Gasteiger partial charge in [-0.2, -0.15) is 4.98 Å². The first-order valence-corrected chi connectivity index (χ1v) is 11.1. The number of nitrogens with one attached hydrogen (secondary N) is 2. The lowest BCUT2D eigenvalue weighted by Crippen LogP contribution is -2.37. The molecule has 6 nitrogen and oxygen atoms in total. The van der Waals surface area contributed by atoms with Crippen LogP contribution in [-0.2, 0) is 4.79 Å². The number of nitrogens with zero attached hydrogens (tertiary/aromatic N) is 3. The molecular weight excluding hydrogens is 430 g/mol. The number of carbonyl (C=O) groups is 1. The fraction of sp³-hybridized carbons (Fsp3) is 0.500. The smallest absolute Gasteiger partial charge is 0.229 e. The van der Waals surface area contributed by atoms with Crippen LogP contribution >= 0.6 is 15.9 Å². The van der Waals surface area contributed by atoms with E-state index >= 15 is 0 Å². The first-order valence-electron chi connectivity index (χ1n) is 10.3. The van der Waals surface area contributed by atoms with Crippen LogP contribution in [0, 0.1) is 5.92 Å². The van der Waals surface area contributed by atoms with E-state index in [0.717, 1.165) is 48.3 Å². The fourth-order valence-electron chi connectivity index (χ4n) is 3.23. The quantitative estimate of drug-likeness (QED) is 0.506. The van der Waals surface area contributed by atoms with Gasteiger partial charge in [-0.05, 0) is 58.8 Å². The second-order valence-electron chi connectivity index (χ2n) is 7.96. The molecule has 156 valence electrons. The SMILES string of the molecule is CC(C)c1ccc(Nc2ncc(Br)c(NCCCN(C)C(=O)C3CCC3)n2)cc1. The van der Waals surface area contributed by atoms with Gasteiger partial charge < -0.3 is 15.5 Å². The van der Waals surface area contributed by atoms with E-state index in [2.05, 4.69) is 62.5 Å². The van der Waals surface area contributed by atoms with Crippen LogP contribution in [0.2, 0.25) is 0 Å². The van der Waals surface area contributed by atoms with E-state index in [0.29, 0.717) is 11.9 Å². The Labute approximate surface area is 181 Å². The highest BCUT2D eigenvalue weighted by atomic mass is 79.9. The summed E-state index contributed by atoms with van der Waals surface area (Å²) in [5.41, 5.74) is 2.26. The number of hydrogen-bond acceptors (Lipinski definition) is 5. The topological polar surface area (TPSA) is 70.2 Å². The van der Waals surface area contributed by atoms with Gasteiger partial charge in [-0.15, -0.1) is 0 Å². The molecule has 0 unspecified atom stereocenters. The van der Waals surface area contributed by atoms with Gasteiger partial charge >= 0.3 is 0 Å². The molecule has 1 aromatic heterocycles. The van der Waals surface area contributed by atoms with Crippen LogP contribution in [0.1, 0.15) is 51.0 Å². The standard InChI is InChI=1S/C22H30BrN5O/c1-15(2)16-8-10-18(11-9-16)26-22-25-14-19(23)20(27-22)24-12-5-13-28(3)21(29)17-6-4-7-17/h8-11,14-15,17H,4-7,12-13H2,1-3H3,(H2,24,25,26,27). The minimum absolute atomic E-state index is 0.257. The lowest BCUT2D eigenvalue weighted by Gasteiger charge is -2.29. The Bertz CT molecular complexity index is 820. The van der Waals surface area contributed by atoms with Gasteiger partial charge in [0.25, 0.3) is 0 Å². The van der Waals surface area contributed by atoms with Gasteiger partial charge in [0.05, 0.1) is 4.47 Å². The molecular formula is C22H30BrN5O. The maximum atomic E-state index is 12.2. The van der Waals surface area contributed by atoms with Crippen molar-refractivity contribution in [3.63, 3.8) is 0 Å². The zero-order chi connectivity index (χ0) is 20.8. The summed E-state index contributed by atoms with van der Waals surface area (Å²) in [6, 6.07) is 8.32. The maximum Gasteiger partial charge on any atom is 0.229 e. The van der Waals surface area contributed by atoms with Gasteiger partial charge in [0, 0.05) is 37.9 Å². The molecule has 0 spiro atoms. The lowest BCUT2D eigenvalue weighted by atomic mass is 9.84. The van der Waals surface area contributed by atoms with Crippen molar-refractivity contribution >= 4 is 39.3 Å². The van der Waals surface area contributed by atoms with E-state index < -0.39 is 0 Å². The summed E-state index contributed by atoms with van der Waals surface area (Å²) >= 11 is 3.50. The molecule has 0 saturated heterocycles. The van der Waals surface area contributed by atoms with Crippen molar-refractivity contribution in [2.45, 2.75) is 45.4 Å². The van der Waals surface area contributed by atoms with Gasteiger partial charge in [-0.3, -0.25) is 4.79 Å². The first-order chi connectivity index (χ1) is 13.9. The van der Waals surface area contributed by atoms with Crippen LogP contribution in [0.5, 0.6) is 0 Å². The Kier molecular flexibility index (Phi) is 7.47. The fourth-order valence-corrected chi connectivity index (χ4v) is 3.56. The number of aromatic nitrogens is 2. The normalized spacial score (nSPS) is 13.8. The molecule has 29 heavy (non-hydrogen) atoms. The summed E-state index contributed by atoms with van der Waals surface area (Å²) in [6.45, 7) is 5.84. The van der Waals surface area contributed by atoms with Crippen molar-refractivity contribution in [3.05, 3.63) is 40.5 Å². The van der Waals surface area contributed by atoms with Crippen LogP contribution < -0.4 is 10.6 Å². The molecule has 7 heteroatoms. The summed E-state index contributed by atoms with van der Waals surface area (Å²) < 4.78 is 0.817. The largest absolute Gasteiger partial charge is 0.369 e. The van der Waals surface area contributed by atoms with E-state index in [9.17, 15) is 4.79 Å². The molecule has 0 atom stereocenters. The summed E-state index contributed by atoms with van der Waals surface area (Å²) in [6.07, 6.45) is 5.89. The van der Waals surface area contributed by atoms with Crippen molar-refractivity contribution in [2.75, 3.05) is 30.8 Å². The van der Waals surface area contributed by atoms with Gasteiger partial charge in [-0.25, -0.2) is 4.98 Å². The van der Waals surface area contributed by atoms with Crippen LogP contribution in [0.4, 0.5) is 17.5 Å². The summed E-state index contributed by atoms with van der Waals surface area (Å²) in [5.74, 6) is 2.34. The van der Waals surface area contributed by atoms with Gasteiger partial charge in [0.1, 0.15) is 5.82 Å². The van der Waals surface area contributed by atoms with E-state index in [-0.39, 0.29) is 11.8 Å². The third-order valence-corrected chi connectivity index (χ3v) is 5.95. The zero-order valence-corrected chi connectivity index (χ0v) is 19.0. The third-order valence-electron chi connectivity index (χ3n) is 5.37. The number of benzene rings is 1. The van der Waals surface area contributed by atoms with Crippen molar-refractivity contribution in [1.82, 2.24) is 14.9 Å². The van der Waals surface area contributed by atoms with Crippen molar-refractivity contribution < 1.29 is 4.79 Å². The summed E-state index contributed by atoms with van der Waals surface area (Å²) in [7, 11) is 1.90. The summed E-state index contributed by atoms with van der Waals surface area (Å²) in [5, 5.41) is 6.59. The van der Waals surface area contributed by atoms with E-state index in [1.165, 1.54) is 12.0 Å². The molecule has 1 amide bonds. The number of rotatable bonds is 9. The zero-order valence-electron chi connectivity index (χ0n) is 17.4. The second kappa shape index (κ2) is 10.1. The summed E-state index contributed by atoms with van der Waals surface area (Å²) in [4.78, 5) is 23.0. The van der Waals surface area contributed by atoms with Crippen LogP contribution in [0.15, 0.2) is 34.9 Å². The first kappa shape index (κ1) is 21.6. The van der Waals surface area contributed by atoms with Gasteiger partial charge in [0.15, 0.2) is 0 Å². The molecule has 0 aliphatic heterocycles. The van der Waals surface area contributed by atoms with E-state index in [1.807, 2.05) is 24.1 Å². The molecule has 2 aromatic rings. The van der Waals surface area contributed by atoms with Gasteiger partial charge in [-0.1, -0.05) is 32.4 Å². The highest BCUT2D eigenvalue weighted by Crippen LogP contribution is 2.28. The van der Waals surface area contributed by atoms with E-state index in [1.54, 1.807) is 6.20 Å². The van der Waals surface area contributed by atoms with Crippen LogP contribution in [0.25, 0.3) is 0 Å². The Morgan fingerprint density at radius 1 is 1.28 bits per heavy atom. The number of carbonyl (C=O) groups excluding carboxylic acids is 1. The van der Waals surface area contributed by atoms with Crippen LogP contribution in [-0.4, -0.2) is 40.9 Å². The van der Waals surface area contributed by atoms with Crippen LogP contribution in [0.3, 0.4) is 0 Å². The molecule has 0 radical (unpaired) electrons. The van der Waals surface area contributed by atoms with Crippen molar-refractivity contribution in [2.24, 2.45) is 5.92 Å². The number of hydrogen-bond donors (Lipinski definition) is 2. The highest BCUT2D eigenvalue weighted by molar-refractivity contribution is 9.10. The highest BCUT2D eigenvalue weighted by Gasteiger charge is 2.27. The molecule has 1 heterocycles. The number of amides is 1. The molecule has 1 saturated carbocycles. The van der Waals surface area contributed by atoms with Gasteiger partial charge in [0.2, 0.25) is 11.9 Å². The third kappa shape index (κ3) is 5.92. The molecule has 0 bridgehead atoms. The molecule has 1 fully saturated rings. The number of halogens is 1. The predicted octanol–water partition coefficient (Wildman–Crippen LogP) is 5.17. The molecule has 1 aromatic carbocycles. The Hall–Kier alpha value is -2.15. The minimum atomic E-state index is 0.257. The average Bonchev–Trinajstić information content (AvgIpc) is 2.66. The Morgan fingerprint density at radius 2 is 2.00 bits per heavy atom. The molecule has 1 aliphatic rings. The number of anilines is 3. The predicted molar refractivity (Wildman–Crippen MR) is 122 cm³/mol. The lowest BCUT2D eigenvalue weighted by molar-refractivity contribution is -0.136. The monoisotopic (exact) mass is 459 g/mol. The van der Waals surface area contributed by atoms with Crippen molar-refractivity contribution in [3.8, 4) is 0 Å². The molecule has 1 aliphatic carbocycles. The Balaban J connectivity index is 1.50. The van der Waals surface area contributed by atoms with E-state index in [4.69, 9.17) is 0 Å². The van der Waals surface area contributed by atoms with Crippen molar-refractivity contribution in [1.29, 1.82) is 0 Å². The molecule has 2 N–H and O–H groups in total. The average molecular weight is 460 g/mol. The minimum Gasteiger partial charge on any atom is -0.369 e. The second-order valence-corrected chi connectivity index (χ2v) is 8.81.